The number of aryl methyl sites for hydroxylation is 2. The summed E-state index contributed by atoms with van der Waals surface area (Å²) in [6, 6.07) is 15.4. The predicted octanol–water partition coefficient (Wildman–Crippen LogP) is 3.00. The van der Waals surface area contributed by atoms with Crippen LogP contribution in [-0.4, -0.2) is 238 Å². The predicted molar refractivity (Wildman–Crippen MR) is 477 cm³/mol. The van der Waals surface area contributed by atoms with Crippen LogP contribution in [0.1, 0.15) is 129 Å². The molecule has 4 aromatic heterocycles. The number of hydrogen-bond acceptors (Lipinski definition) is 31. The number of carbonyl (C=O) groups excluding carboxylic acids is 11. The zero-order valence-corrected chi connectivity index (χ0v) is 75.1. The molecule has 0 aliphatic carbocycles. The number of esters is 1. The Morgan fingerprint density at radius 3 is 1.86 bits per heavy atom. The van der Waals surface area contributed by atoms with Gasteiger partial charge in [0.1, 0.15) is 73.9 Å². The van der Waals surface area contributed by atoms with Crippen LogP contribution in [0.25, 0.3) is 44.6 Å². The molecule has 14 rings (SSSR count). The lowest BCUT2D eigenvalue weighted by molar-refractivity contribution is -0.271. The summed E-state index contributed by atoms with van der Waals surface area (Å²) in [5, 5.41) is 80.7. The summed E-state index contributed by atoms with van der Waals surface area (Å²) in [6.07, 6.45) is -9.29. The van der Waals surface area contributed by atoms with Crippen molar-refractivity contribution >= 4 is 105 Å². The van der Waals surface area contributed by atoms with E-state index in [0.717, 1.165) is 39.6 Å². The fourth-order valence-corrected chi connectivity index (χ4v) is 17.1. The van der Waals surface area contributed by atoms with E-state index < -0.39 is 188 Å². The van der Waals surface area contributed by atoms with Crippen LogP contribution < -0.4 is 63.0 Å². The molecule has 42 nitrogen and oxygen atoms in total. The van der Waals surface area contributed by atoms with Crippen molar-refractivity contribution in [3.05, 3.63) is 191 Å². The van der Waals surface area contributed by atoms with E-state index in [0.29, 0.717) is 87.0 Å². The van der Waals surface area contributed by atoms with Gasteiger partial charge in [-0.25, -0.2) is 37.9 Å². The molecule has 0 bridgehead atoms. The van der Waals surface area contributed by atoms with E-state index in [4.69, 9.17) is 53.6 Å². The van der Waals surface area contributed by atoms with E-state index in [1.165, 1.54) is 82.6 Å². The number of fused-ring (bicyclic) bond motifs is 10. The summed E-state index contributed by atoms with van der Waals surface area (Å²) >= 11 is 0. The van der Waals surface area contributed by atoms with Crippen molar-refractivity contribution in [1.29, 1.82) is 0 Å². The maximum Gasteiger partial charge on any atom is 0.514 e. The number of aliphatic hydroxyl groups is 5. The molecule has 10 heterocycles. The smallest absolute Gasteiger partial charge is 0.490 e. The lowest BCUT2D eigenvalue weighted by Gasteiger charge is -2.38. The Morgan fingerprint density at radius 1 is 0.657 bits per heavy atom. The van der Waals surface area contributed by atoms with E-state index in [-0.39, 0.29) is 146 Å². The number of anilines is 2. The second-order valence-corrected chi connectivity index (χ2v) is 33.4. The van der Waals surface area contributed by atoms with Crippen molar-refractivity contribution in [3.8, 4) is 40.0 Å². The van der Waals surface area contributed by atoms with Gasteiger partial charge in [-0.05, 0) is 129 Å². The molecule has 9 atom stereocenters. The van der Waals surface area contributed by atoms with Gasteiger partial charge >= 0.3 is 24.2 Å². The number of benzene rings is 4. The van der Waals surface area contributed by atoms with E-state index in [1.54, 1.807) is 26.0 Å². The van der Waals surface area contributed by atoms with Crippen molar-refractivity contribution in [1.82, 2.24) is 55.1 Å². The minimum Gasteiger partial charge on any atom is -0.490 e. The van der Waals surface area contributed by atoms with Crippen LogP contribution in [0.5, 0.6) is 17.2 Å². The van der Waals surface area contributed by atoms with Crippen molar-refractivity contribution in [2.45, 2.75) is 179 Å². The average Bonchev–Trinajstić information content (AvgIpc) is 1.59. The third-order valence-electron chi connectivity index (χ3n) is 24.6. The number of hydrogen-bond donors (Lipinski definition) is 13. The Morgan fingerprint density at radius 2 is 1.25 bits per heavy atom. The molecule has 1 saturated heterocycles. The molecule has 1 fully saturated rings. The first-order chi connectivity index (χ1) is 65.4. The van der Waals surface area contributed by atoms with Crippen LogP contribution in [0.3, 0.4) is 0 Å². The molecule has 44 heteroatoms. The lowest BCUT2D eigenvalue weighted by atomic mass is 9.84. The maximum absolute atomic E-state index is 15.9. The molecular formula is C93H100F2N14O28. The van der Waals surface area contributed by atoms with Crippen LogP contribution in [0.4, 0.5) is 29.7 Å². The monoisotopic (exact) mass is 1900 g/mol. The van der Waals surface area contributed by atoms with E-state index in [2.05, 4.69) is 38.5 Å². The average molecular weight is 1900 g/mol. The van der Waals surface area contributed by atoms with Crippen molar-refractivity contribution < 1.29 is 135 Å². The zero-order valence-electron chi connectivity index (χ0n) is 75.1. The minimum absolute atomic E-state index is 0.0625. The van der Waals surface area contributed by atoms with E-state index in [1.807, 2.05) is 13.8 Å². The molecule has 4 aromatic carbocycles. The number of alkyl carbamates (subject to hydrolysis) is 1. The van der Waals surface area contributed by atoms with Gasteiger partial charge in [0, 0.05) is 96.1 Å². The normalized spacial score (nSPS) is 19.1. The Bertz CT molecular complexity index is 6390. The summed E-state index contributed by atoms with van der Waals surface area (Å²) in [5.74, 6) is -11.5. The van der Waals surface area contributed by atoms with Gasteiger partial charge in [-0.1, -0.05) is 52.5 Å². The molecule has 14 N–H and O–H groups in total. The highest BCUT2D eigenvalue weighted by Crippen LogP contribution is 2.46. The quantitative estimate of drug-likeness (QED) is 0.00664. The van der Waals surface area contributed by atoms with Gasteiger partial charge in [-0.3, -0.25) is 63.1 Å². The number of rotatable bonds is 37. The summed E-state index contributed by atoms with van der Waals surface area (Å²) in [4.78, 5) is 199. The third-order valence-corrected chi connectivity index (χ3v) is 24.6. The first-order valence-electron chi connectivity index (χ1n) is 44.0. The molecule has 6 aliphatic heterocycles. The second kappa shape index (κ2) is 41.3. The van der Waals surface area contributed by atoms with Crippen molar-refractivity contribution in [2.75, 3.05) is 70.2 Å². The number of aliphatic hydroxyl groups excluding tert-OH is 3. The number of cyclic esters (lactones) is 1. The first-order valence-corrected chi connectivity index (χ1v) is 44.0. The number of amides is 9. The molecule has 137 heavy (non-hydrogen) atoms. The largest absolute Gasteiger partial charge is 0.514 e. The summed E-state index contributed by atoms with van der Waals surface area (Å²) in [5.41, 5.74) is 7.32. The van der Waals surface area contributed by atoms with Gasteiger partial charge in [-0.2, -0.15) is 0 Å². The van der Waals surface area contributed by atoms with Crippen molar-refractivity contribution in [2.24, 2.45) is 5.73 Å². The number of pyridine rings is 4. The summed E-state index contributed by atoms with van der Waals surface area (Å²) < 4.78 is 78.5. The number of halogens is 2. The van der Waals surface area contributed by atoms with E-state index >= 15 is 8.78 Å². The topological polar surface area (TPSA) is 578 Å². The lowest BCUT2D eigenvalue weighted by Crippen LogP contribution is -2.61. The number of aliphatic carboxylic acids is 1. The number of nitrogens with zero attached hydrogens (tertiary/aromatic N) is 7. The Labute approximate surface area is 777 Å². The summed E-state index contributed by atoms with van der Waals surface area (Å²) in [7, 11) is 1.24. The number of carboxylic acid groups (broad SMARTS) is 1. The van der Waals surface area contributed by atoms with Gasteiger partial charge in [0.25, 0.3) is 22.9 Å². The number of carbonyl (C=O) groups is 12. The third kappa shape index (κ3) is 20.7. The van der Waals surface area contributed by atoms with Crippen LogP contribution in [0.2, 0.25) is 0 Å². The molecule has 0 spiro atoms. The highest BCUT2D eigenvalue weighted by atomic mass is 19.1. The van der Waals surface area contributed by atoms with Crippen LogP contribution >= 0.6 is 0 Å². The second-order valence-electron chi connectivity index (χ2n) is 33.4. The number of aromatic nitrogens is 4. The van der Waals surface area contributed by atoms with Gasteiger partial charge < -0.3 is 115 Å². The van der Waals surface area contributed by atoms with Crippen LogP contribution in [0, 0.1) is 11.6 Å². The van der Waals surface area contributed by atoms with Gasteiger partial charge in [0.05, 0.1) is 83.3 Å². The van der Waals surface area contributed by atoms with Crippen LogP contribution in [-0.2, 0) is 135 Å². The van der Waals surface area contributed by atoms with Gasteiger partial charge in [0.2, 0.25) is 41.7 Å². The summed E-state index contributed by atoms with van der Waals surface area (Å²) in [6.45, 7) is 7.91. The number of nitrogens with one attached hydrogen (secondary N) is 6. The Balaban J connectivity index is 0.551. The molecule has 0 unspecified atom stereocenters. The van der Waals surface area contributed by atoms with Crippen molar-refractivity contribution in [3.63, 3.8) is 0 Å². The number of carboxylic acids is 1. The number of nitrogens with two attached hydrogens (primary N) is 1. The molecule has 724 valence electrons. The van der Waals surface area contributed by atoms with Gasteiger partial charge in [-0.15, -0.1) is 0 Å². The minimum atomic E-state index is -2.11. The fourth-order valence-electron chi connectivity index (χ4n) is 17.1. The first kappa shape index (κ1) is 98.5. The Hall–Kier alpha value is -14.5. The molecule has 0 radical (unpaired) electrons. The number of likely N-dealkylation sites (N-methyl/N-ethyl adjacent to an activating group) is 1. The Kier molecular flexibility index (Phi) is 29.7. The molecular weight excluding hydrogens is 1800 g/mol. The molecule has 6 aliphatic rings. The number of imide groups is 1. The molecule has 0 saturated carbocycles. The fraction of sp³-hybridized carbons (Fsp3) is 0.398. The van der Waals surface area contributed by atoms with E-state index in [9.17, 15) is 97.8 Å². The maximum atomic E-state index is 15.9. The van der Waals surface area contributed by atoms with Gasteiger partial charge in [0.15, 0.2) is 41.6 Å². The number of ether oxygens (including phenoxy) is 8. The highest BCUT2D eigenvalue weighted by Gasteiger charge is 2.50. The molecule has 8 aromatic rings. The SMILES string of the molecule is C=C1OCc2c(cc3n(c2=O)Cc2c-3nc3cc(F)c(OCNC(=O)OCc4ccc(O[C@@H]5O[C@H](C(=O)O)[C@@H](O)[C@H](O)[C@H]5O)c(NC(=O)CN(C)C(=O)CCNC(=O)CN(CCN5C(=O)C=CC5=O)CC(=O)N[C@@H](C)C(=O)N[C@@H](CCCCN)C(=O)Nc5ccc(COC(=O)Oc6cc7c(CC)c8c(nc7cc6F)-c6cc7c(c(=O)n6C8)COC(=O)[C@]7(O)CC)cc5)c4)cc3c2CC)[C@@]1(O)CC. The molecule has 9 amide bonds. The highest BCUT2D eigenvalue weighted by molar-refractivity contribution is 6.13. The zero-order chi connectivity index (χ0) is 98.5. The number of unbranched alkanes of at least 4 members (excludes halogenated alkanes) is 1. The van der Waals surface area contributed by atoms with Crippen LogP contribution in [0.15, 0.2) is 113 Å². The standard InChI is InChI=1S/C93H100F2N14O28/c1-8-50-52-29-69(60(94)33-63(52)102-77-54(50)35-108-66(77)31-58-56(85(108)121)42-130-46(6)92(58,128)10-3)134-44-98-90(126)132-41-48-17-20-68(135-88-81(118)79(116)80(117)82(137-88)87(123)124)65(28-48)101-72(111)37-105(7)74(113)23-25-97-71(110)38-106(26-27-107-75(114)21-22-76(107)115)39-73(112)99-45(5)83(119)104-62(14-12-13-24-96)84(120)100-49-18-15-47(16-19-49)40-133-91(127)136-70-30-53-51(9-2)55-36-109-67(78(55)103-64(53)34-61(70)95)32-59-57(86(109)122)43-131-89(125)93(59,129)11-4/h15-22,28-34,45,62,79-82,88,116-118,128-129H,6,8-14,23-27,35-44,96H2,1-5,7H3,(H,97,110)(H,98,126)(H,99,112)(H,100,120)(H,101,111)(H,104,119)(H,123,124)/t45-,62-,79-,80-,81+,82-,88+,92+,93-/m0/s1.